The average molecular weight is 521 g/mol. The van der Waals surface area contributed by atoms with Crippen LogP contribution in [0.1, 0.15) is 38.3 Å². The molecule has 7 nitrogen and oxygen atoms in total. The quantitative estimate of drug-likeness (QED) is 0.269. The summed E-state index contributed by atoms with van der Waals surface area (Å²) < 4.78 is 5.14. The number of aliphatic imine (C=N–C) groups is 1. The number of nitrogens with zero attached hydrogens (tertiary/aromatic N) is 4. The van der Waals surface area contributed by atoms with E-state index in [4.69, 9.17) is 9.72 Å². The number of carbonyl (C=O) groups excluding carboxylic acids is 1. The summed E-state index contributed by atoms with van der Waals surface area (Å²) in [6.45, 7) is 7.07. The van der Waals surface area contributed by atoms with Gasteiger partial charge in [0.15, 0.2) is 11.1 Å². The number of piperidine rings is 1. The zero-order valence-corrected chi connectivity index (χ0v) is 20.0. The Balaban J connectivity index is 0.00000280. The smallest absolute Gasteiger partial charge is 0.309 e. The lowest BCUT2D eigenvalue weighted by Crippen LogP contribution is -2.47. The SMILES string of the molecule is CCOC(=O)C1CCN(C(=NC)NCCc2csc(N3CCCC3)n2)CC1.I. The Morgan fingerprint density at radius 1 is 1.32 bits per heavy atom. The molecule has 0 radical (unpaired) electrons. The van der Waals surface area contributed by atoms with Crippen LogP contribution in [-0.2, 0) is 16.0 Å². The fourth-order valence-corrected chi connectivity index (χ4v) is 4.60. The van der Waals surface area contributed by atoms with Gasteiger partial charge in [0.1, 0.15) is 0 Å². The van der Waals surface area contributed by atoms with Crippen molar-refractivity contribution in [2.75, 3.05) is 51.3 Å². The normalized spacial score (nSPS) is 18.1. The van der Waals surface area contributed by atoms with E-state index >= 15 is 0 Å². The van der Waals surface area contributed by atoms with Gasteiger partial charge in [0.2, 0.25) is 0 Å². The van der Waals surface area contributed by atoms with Crippen LogP contribution in [0.5, 0.6) is 0 Å². The molecule has 0 unspecified atom stereocenters. The van der Waals surface area contributed by atoms with Crippen molar-refractivity contribution in [2.24, 2.45) is 10.9 Å². The zero-order valence-electron chi connectivity index (χ0n) is 16.9. The predicted octanol–water partition coefficient (Wildman–Crippen LogP) is 2.75. The lowest BCUT2D eigenvalue weighted by Gasteiger charge is -2.33. The minimum Gasteiger partial charge on any atom is -0.466 e. The van der Waals surface area contributed by atoms with E-state index in [1.54, 1.807) is 11.3 Å². The Kier molecular flexibility index (Phi) is 9.76. The van der Waals surface area contributed by atoms with Crippen molar-refractivity contribution in [3.63, 3.8) is 0 Å². The number of ether oxygens (including phenoxy) is 1. The number of rotatable bonds is 6. The number of thiazole rings is 1. The molecule has 28 heavy (non-hydrogen) atoms. The predicted molar refractivity (Wildman–Crippen MR) is 125 cm³/mol. The molecule has 2 saturated heterocycles. The van der Waals surface area contributed by atoms with Crippen LogP contribution in [0.25, 0.3) is 0 Å². The van der Waals surface area contributed by atoms with Crippen molar-refractivity contribution >= 4 is 52.4 Å². The van der Waals surface area contributed by atoms with Gasteiger partial charge in [-0.15, -0.1) is 35.3 Å². The molecule has 3 heterocycles. The van der Waals surface area contributed by atoms with E-state index in [0.29, 0.717) is 6.61 Å². The molecule has 0 spiro atoms. The number of hydrogen-bond acceptors (Lipinski definition) is 6. The van der Waals surface area contributed by atoms with Crippen LogP contribution in [0.3, 0.4) is 0 Å². The maximum Gasteiger partial charge on any atom is 0.309 e. The summed E-state index contributed by atoms with van der Waals surface area (Å²) in [5.74, 6) is 0.878. The molecule has 158 valence electrons. The van der Waals surface area contributed by atoms with Crippen LogP contribution in [0.15, 0.2) is 10.4 Å². The van der Waals surface area contributed by atoms with E-state index in [1.165, 1.54) is 12.8 Å². The Morgan fingerprint density at radius 2 is 2.04 bits per heavy atom. The van der Waals surface area contributed by atoms with Gasteiger partial charge in [-0.3, -0.25) is 9.79 Å². The summed E-state index contributed by atoms with van der Waals surface area (Å²) in [7, 11) is 1.81. The average Bonchev–Trinajstić information content (AvgIpc) is 3.37. The summed E-state index contributed by atoms with van der Waals surface area (Å²) in [6, 6.07) is 0. The van der Waals surface area contributed by atoms with Gasteiger partial charge in [-0.1, -0.05) is 0 Å². The third kappa shape index (κ3) is 6.20. The molecule has 0 bridgehead atoms. The highest BCUT2D eigenvalue weighted by Gasteiger charge is 2.27. The van der Waals surface area contributed by atoms with Crippen molar-refractivity contribution in [2.45, 2.75) is 39.0 Å². The zero-order chi connectivity index (χ0) is 19.1. The molecule has 2 fully saturated rings. The molecule has 2 aliphatic rings. The fraction of sp³-hybridized carbons (Fsp3) is 0.737. The number of hydrogen-bond donors (Lipinski definition) is 1. The topological polar surface area (TPSA) is 70.1 Å². The highest BCUT2D eigenvalue weighted by molar-refractivity contribution is 14.0. The molecule has 3 rings (SSSR count). The van der Waals surface area contributed by atoms with Gasteiger partial charge in [0, 0.05) is 51.6 Å². The van der Waals surface area contributed by atoms with E-state index in [1.807, 2.05) is 14.0 Å². The van der Waals surface area contributed by atoms with Gasteiger partial charge in [0.25, 0.3) is 0 Å². The molecular formula is C19H32IN5O2S. The van der Waals surface area contributed by atoms with Gasteiger partial charge < -0.3 is 19.9 Å². The first-order chi connectivity index (χ1) is 13.2. The fourth-order valence-electron chi connectivity index (χ4n) is 3.69. The van der Waals surface area contributed by atoms with Gasteiger partial charge >= 0.3 is 5.97 Å². The Labute approximate surface area is 189 Å². The number of halogens is 1. The first-order valence-electron chi connectivity index (χ1n) is 10.0. The highest BCUT2D eigenvalue weighted by Crippen LogP contribution is 2.24. The van der Waals surface area contributed by atoms with Gasteiger partial charge in [-0.2, -0.15) is 0 Å². The molecule has 0 aliphatic carbocycles. The van der Waals surface area contributed by atoms with Crippen molar-refractivity contribution in [1.29, 1.82) is 0 Å². The van der Waals surface area contributed by atoms with Crippen LogP contribution < -0.4 is 10.2 Å². The van der Waals surface area contributed by atoms with E-state index in [2.05, 4.69) is 25.5 Å². The standard InChI is InChI=1S/C19H31N5O2S.HI/c1-3-26-17(25)15-7-12-23(13-8-15)18(20-2)21-9-6-16-14-27-19(22-16)24-10-4-5-11-24;/h14-15H,3-13H2,1-2H3,(H,20,21);1H. The van der Waals surface area contributed by atoms with Gasteiger partial charge in [-0.05, 0) is 32.6 Å². The molecule has 0 aromatic carbocycles. The minimum absolute atomic E-state index is 0. The first kappa shape index (κ1) is 23.2. The summed E-state index contributed by atoms with van der Waals surface area (Å²) in [5, 5.41) is 6.78. The molecule has 0 saturated carbocycles. The van der Waals surface area contributed by atoms with Crippen LogP contribution in [-0.4, -0.2) is 68.2 Å². The van der Waals surface area contributed by atoms with Crippen molar-refractivity contribution in [3.05, 3.63) is 11.1 Å². The van der Waals surface area contributed by atoms with E-state index < -0.39 is 0 Å². The molecule has 9 heteroatoms. The molecule has 0 atom stereocenters. The largest absolute Gasteiger partial charge is 0.466 e. The van der Waals surface area contributed by atoms with Crippen molar-refractivity contribution in [3.8, 4) is 0 Å². The van der Waals surface area contributed by atoms with E-state index in [-0.39, 0.29) is 35.9 Å². The van der Waals surface area contributed by atoms with Gasteiger partial charge in [-0.25, -0.2) is 4.98 Å². The molecule has 1 aromatic heterocycles. The summed E-state index contributed by atoms with van der Waals surface area (Å²) >= 11 is 1.75. The Hall–Kier alpha value is -1.10. The number of anilines is 1. The van der Waals surface area contributed by atoms with Crippen molar-refractivity contribution in [1.82, 2.24) is 15.2 Å². The Morgan fingerprint density at radius 3 is 2.68 bits per heavy atom. The number of likely N-dealkylation sites (tertiary alicyclic amines) is 1. The van der Waals surface area contributed by atoms with Gasteiger partial charge in [0.05, 0.1) is 18.2 Å². The van der Waals surface area contributed by atoms with Crippen LogP contribution in [0.2, 0.25) is 0 Å². The minimum atomic E-state index is -0.0579. The number of aromatic nitrogens is 1. The third-order valence-corrected chi connectivity index (χ3v) is 6.16. The van der Waals surface area contributed by atoms with E-state index in [9.17, 15) is 4.79 Å². The molecule has 0 amide bonds. The summed E-state index contributed by atoms with van der Waals surface area (Å²) in [6.07, 6.45) is 5.09. The highest BCUT2D eigenvalue weighted by atomic mass is 127. The number of esters is 1. The second kappa shape index (κ2) is 11.8. The van der Waals surface area contributed by atoms with E-state index in [0.717, 1.165) is 68.8 Å². The van der Waals surface area contributed by atoms with Crippen LogP contribution >= 0.6 is 35.3 Å². The number of guanidine groups is 1. The lowest BCUT2D eigenvalue weighted by molar-refractivity contribution is -0.149. The second-order valence-electron chi connectivity index (χ2n) is 7.05. The maximum atomic E-state index is 11.9. The second-order valence-corrected chi connectivity index (χ2v) is 7.89. The van der Waals surface area contributed by atoms with Crippen molar-refractivity contribution < 1.29 is 9.53 Å². The lowest BCUT2D eigenvalue weighted by atomic mass is 9.97. The number of carbonyl (C=O) groups is 1. The number of nitrogens with one attached hydrogen (secondary N) is 1. The first-order valence-corrected chi connectivity index (χ1v) is 10.9. The monoisotopic (exact) mass is 521 g/mol. The molecular weight excluding hydrogens is 489 g/mol. The summed E-state index contributed by atoms with van der Waals surface area (Å²) in [4.78, 5) is 25.7. The molecule has 1 N–H and O–H groups in total. The summed E-state index contributed by atoms with van der Waals surface area (Å²) in [5.41, 5.74) is 1.14. The third-order valence-electron chi connectivity index (χ3n) is 5.21. The molecule has 2 aliphatic heterocycles. The Bertz CT molecular complexity index is 640. The maximum absolute atomic E-state index is 11.9. The van der Waals surface area contributed by atoms with Crippen LogP contribution in [0, 0.1) is 5.92 Å². The molecule has 1 aromatic rings. The van der Waals surface area contributed by atoms with Crippen LogP contribution in [0.4, 0.5) is 5.13 Å².